The van der Waals surface area contributed by atoms with Crippen LogP contribution in [0.5, 0.6) is 0 Å². The maximum absolute atomic E-state index is 9.94. The molecule has 0 heterocycles. The molecule has 0 radical (unpaired) electrons. The molecule has 1 aliphatic carbocycles. The number of aliphatic hydroxyl groups is 1. The van der Waals surface area contributed by atoms with Gasteiger partial charge in [-0.15, -0.1) is 0 Å². The van der Waals surface area contributed by atoms with Crippen molar-refractivity contribution in [2.45, 2.75) is 24.9 Å². The van der Waals surface area contributed by atoms with Crippen LogP contribution in [-0.4, -0.2) is 16.7 Å². The molecule has 0 aliphatic heterocycles. The van der Waals surface area contributed by atoms with Crippen molar-refractivity contribution in [3.63, 3.8) is 0 Å². The molecule has 0 spiro atoms. The third kappa shape index (κ3) is 1.67. The van der Waals surface area contributed by atoms with E-state index in [9.17, 15) is 9.90 Å². The van der Waals surface area contributed by atoms with Crippen LogP contribution in [0.3, 0.4) is 0 Å². The molecule has 0 saturated heterocycles. The van der Waals surface area contributed by atoms with E-state index in [0.717, 1.165) is 6.42 Å². The monoisotopic (exact) mass is 138 g/mol. The number of carboxylic acid groups (broad SMARTS) is 1. The van der Waals surface area contributed by atoms with Gasteiger partial charge in [0, 0.05) is 0 Å². The zero-order valence-corrected chi connectivity index (χ0v) is 7.39. The summed E-state index contributed by atoms with van der Waals surface area (Å²) >= 11 is 0. The molecule has 1 N–H and O–H groups in total. The number of carbonyl (C=O) groups is 1. The molecule has 0 aromatic rings. The third-order valence-corrected chi connectivity index (χ3v) is 1.56. The molecule has 0 aromatic heterocycles. The predicted octanol–water partition coefficient (Wildman–Crippen LogP) is -4.34. The van der Waals surface area contributed by atoms with Crippen molar-refractivity contribution in [2.75, 3.05) is 0 Å². The van der Waals surface area contributed by atoms with Crippen molar-refractivity contribution in [2.24, 2.45) is 0 Å². The predicted molar refractivity (Wildman–Crippen MR) is 23.8 cm³/mol. The summed E-state index contributed by atoms with van der Waals surface area (Å²) in [6.07, 6.45) is 1.51. The summed E-state index contributed by atoms with van der Waals surface area (Å²) < 4.78 is 0. The van der Waals surface area contributed by atoms with Crippen LogP contribution < -0.4 is 34.7 Å². The van der Waals surface area contributed by atoms with E-state index < -0.39 is 11.6 Å². The Balaban J connectivity index is 0.000000640. The Morgan fingerprint density at radius 2 is 2.00 bits per heavy atom. The summed E-state index contributed by atoms with van der Waals surface area (Å²) in [7, 11) is 0. The van der Waals surface area contributed by atoms with Gasteiger partial charge in [-0.1, -0.05) is 0 Å². The van der Waals surface area contributed by atoms with Gasteiger partial charge in [0.1, 0.15) is 5.60 Å². The standard InChI is InChI=1S/C5H8O3.Na/c6-4(7)5(8)2-1-3-5;/h8H,1-3H2,(H,6,7);/q;+1/p-1. The van der Waals surface area contributed by atoms with Crippen molar-refractivity contribution in [1.29, 1.82) is 0 Å². The van der Waals surface area contributed by atoms with Gasteiger partial charge in [0.05, 0.1) is 5.97 Å². The molecule has 46 valence electrons. The number of carbonyl (C=O) groups excluding carboxylic acids is 1. The van der Waals surface area contributed by atoms with E-state index in [4.69, 9.17) is 5.11 Å². The molecule has 0 aromatic carbocycles. The average Bonchev–Trinajstić information content (AvgIpc) is 1.60. The van der Waals surface area contributed by atoms with Crippen LogP contribution in [0, 0.1) is 0 Å². The van der Waals surface area contributed by atoms with Crippen molar-refractivity contribution >= 4 is 5.97 Å². The average molecular weight is 138 g/mol. The largest absolute Gasteiger partial charge is 1.00 e. The van der Waals surface area contributed by atoms with Crippen LogP contribution in [0.4, 0.5) is 0 Å². The Morgan fingerprint density at radius 3 is 2.00 bits per heavy atom. The summed E-state index contributed by atoms with van der Waals surface area (Å²) in [5.74, 6) is -1.33. The van der Waals surface area contributed by atoms with Crippen LogP contribution in [0.15, 0.2) is 0 Å². The van der Waals surface area contributed by atoms with Crippen LogP contribution in [0.2, 0.25) is 0 Å². The Labute approximate surface area is 75.4 Å². The quantitative estimate of drug-likeness (QED) is 0.372. The zero-order valence-electron chi connectivity index (χ0n) is 5.39. The van der Waals surface area contributed by atoms with Gasteiger partial charge in [-0.3, -0.25) is 0 Å². The van der Waals surface area contributed by atoms with E-state index in [2.05, 4.69) is 0 Å². The fraction of sp³-hybridized carbons (Fsp3) is 0.800. The molecule has 0 atom stereocenters. The molecule has 9 heavy (non-hydrogen) atoms. The fourth-order valence-corrected chi connectivity index (χ4v) is 0.716. The molecule has 1 saturated carbocycles. The molecule has 4 heteroatoms. The summed E-state index contributed by atoms with van der Waals surface area (Å²) in [5.41, 5.74) is -1.47. The second kappa shape index (κ2) is 3.01. The van der Waals surface area contributed by atoms with Gasteiger partial charge in [-0.25, -0.2) is 0 Å². The molecule has 0 unspecified atom stereocenters. The van der Waals surface area contributed by atoms with Crippen LogP contribution in [0.25, 0.3) is 0 Å². The summed E-state index contributed by atoms with van der Waals surface area (Å²) in [4.78, 5) is 9.94. The van der Waals surface area contributed by atoms with Gasteiger partial charge in [-0.05, 0) is 19.3 Å². The molecular weight excluding hydrogens is 131 g/mol. The summed E-state index contributed by atoms with van der Waals surface area (Å²) in [6, 6.07) is 0. The van der Waals surface area contributed by atoms with Gasteiger partial charge in [0.15, 0.2) is 0 Å². The number of hydrogen-bond acceptors (Lipinski definition) is 3. The van der Waals surface area contributed by atoms with Gasteiger partial charge >= 0.3 is 29.6 Å². The molecule has 1 fully saturated rings. The minimum absolute atomic E-state index is 0. The number of rotatable bonds is 1. The minimum atomic E-state index is -1.47. The van der Waals surface area contributed by atoms with Crippen LogP contribution in [-0.2, 0) is 4.79 Å². The van der Waals surface area contributed by atoms with Gasteiger partial charge in [-0.2, -0.15) is 0 Å². The first kappa shape index (κ1) is 9.43. The van der Waals surface area contributed by atoms with Gasteiger partial charge < -0.3 is 15.0 Å². The number of aliphatic carboxylic acids is 1. The second-order valence-electron chi connectivity index (χ2n) is 2.17. The van der Waals surface area contributed by atoms with E-state index in [1.54, 1.807) is 0 Å². The molecule has 0 amide bonds. The minimum Gasteiger partial charge on any atom is -0.547 e. The second-order valence-corrected chi connectivity index (χ2v) is 2.17. The van der Waals surface area contributed by atoms with E-state index in [1.807, 2.05) is 0 Å². The summed E-state index contributed by atoms with van der Waals surface area (Å²) in [5, 5.41) is 18.8. The first-order valence-corrected chi connectivity index (χ1v) is 2.59. The Hall–Kier alpha value is 0.430. The van der Waals surface area contributed by atoms with Crippen molar-refractivity contribution < 1.29 is 44.6 Å². The van der Waals surface area contributed by atoms with Crippen LogP contribution in [0.1, 0.15) is 19.3 Å². The summed E-state index contributed by atoms with van der Waals surface area (Å²) in [6.45, 7) is 0. The first-order chi connectivity index (χ1) is 3.65. The van der Waals surface area contributed by atoms with Crippen LogP contribution >= 0.6 is 0 Å². The normalized spacial score (nSPS) is 21.4. The van der Waals surface area contributed by atoms with Crippen molar-refractivity contribution in [3.05, 3.63) is 0 Å². The Kier molecular flexibility index (Phi) is 3.16. The first-order valence-electron chi connectivity index (χ1n) is 2.59. The third-order valence-electron chi connectivity index (χ3n) is 1.56. The maximum atomic E-state index is 9.94. The molecule has 3 nitrogen and oxygen atoms in total. The smallest absolute Gasteiger partial charge is 0.547 e. The van der Waals surface area contributed by atoms with Gasteiger partial charge in [0.2, 0.25) is 0 Å². The zero-order chi connectivity index (χ0) is 6.20. The van der Waals surface area contributed by atoms with E-state index in [-0.39, 0.29) is 29.6 Å². The topological polar surface area (TPSA) is 60.4 Å². The van der Waals surface area contributed by atoms with E-state index >= 15 is 0 Å². The van der Waals surface area contributed by atoms with E-state index in [0.29, 0.717) is 12.8 Å². The maximum Gasteiger partial charge on any atom is 1.00 e. The van der Waals surface area contributed by atoms with Crippen molar-refractivity contribution in [3.8, 4) is 0 Å². The Bertz CT molecular complexity index is 119. The SMILES string of the molecule is O=C([O-])C1(O)CCC1.[Na+]. The Morgan fingerprint density at radius 1 is 1.56 bits per heavy atom. The molecular formula is C5H7NaO3. The number of hydrogen-bond donors (Lipinski definition) is 1. The van der Waals surface area contributed by atoms with Crippen molar-refractivity contribution in [1.82, 2.24) is 0 Å². The van der Waals surface area contributed by atoms with Gasteiger partial charge in [0.25, 0.3) is 0 Å². The molecule has 0 bridgehead atoms. The molecule has 1 aliphatic rings. The van der Waals surface area contributed by atoms with E-state index in [1.165, 1.54) is 0 Å². The number of carboxylic acids is 1. The fourth-order valence-electron chi connectivity index (χ4n) is 0.716. The molecule has 1 rings (SSSR count).